The number of halogens is 1. The number of amides is 1. The van der Waals surface area contributed by atoms with E-state index in [1.807, 2.05) is 24.3 Å². The van der Waals surface area contributed by atoms with Crippen molar-refractivity contribution in [3.8, 4) is 0 Å². The molecule has 1 saturated heterocycles. The third kappa shape index (κ3) is 3.72. The second-order valence-electron chi connectivity index (χ2n) is 5.27. The lowest BCUT2D eigenvalue weighted by molar-refractivity contribution is -0.136. The van der Waals surface area contributed by atoms with E-state index in [2.05, 4.69) is 10.6 Å². The molecule has 4 nitrogen and oxygen atoms in total. The Balaban J connectivity index is 1.96. The number of nitrogens with one attached hydrogen (secondary N) is 2. The highest BCUT2D eigenvalue weighted by Gasteiger charge is 2.39. The average Bonchev–Trinajstić information content (AvgIpc) is 2.47. The highest BCUT2D eigenvalue weighted by Crippen LogP contribution is 2.29. The van der Waals surface area contributed by atoms with Crippen LogP contribution >= 0.6 is 11.6 Å². The van der Waals surface area contributed by atoms with E-state index in [0.29, 0.717) is 18.2 Å². The molecule has 1 aromatic rings. The van der Waals surface area contributed by atoms with Crippen molar-refractivity contribution in [2.45, 2.75) is 19.4 Å². The zero-order valence-corrected chi connectivity index (χ0v) is 12.5. The topological polar surface area (TPSA) is 50.4 Å². The Morgan fingerprint density at radius 3 is 2.60 bits per heavy atom. The van der Waals surface area contributed by atoms with Crippen LogP contribution in [-0.2, 0) is 16.1 Å². The Labute approximate surface area is 124 Å². The summed E-state index contributed by atoms with van der Waals surface area (Å²) in [4.78, 5) is 12.5. The monoisotopic (exact) mass is 296 g/mol. The fourth-order valence-electron chi connectivity index (χ4n) is 2.59. The Kier molecular flexibility index (Phi) is 5.40. The largest absolute Gasteiger partial charge is 0.384 e. The predicted octanol–water partition coefficient (Wildman–Crippen LogP) is 1.97. The van der Waals surface area contributed by atoms with Crippen molar-refractivity contribution in [1.29, 1.82) is 0 Å². The summed E-state index contributed by atoms with van der Waals surface area (Å²) < 4.78 is 5.27. The van der Waals surface area contributed by atoms with Gasteiger partial charge in [-0.15, -0.1) is 0 Å². The van der Waals surface area contributed by atoms with Crippen LogP contribution in [0.25, 0.3) is 0 Å². The summed E-state index contributed by atoms with van der Waals surface area (Å²) in [5.74, 6) is 0.0794. The molecule has 1 fully saturated rings. The van der Waals surface area contributed by atoms with E-state index in [9.17, 15) is 4.79 Å². The van der Waals surface area contributed by atoms with Crippen LogP contribution in [0.4, 0.5) is 0 Å². The fourth-order valence-corrected chi connectivity index (χ4v) is 2.72. The molecule has 0 radical (unpaired) electrons. The zero-order valence-electron chi connectivity index (χ0n) is 11.7. The molecule has 110 valence electrons. The molecule has 2 N–H and O–H groups in total. The van der Waals surface area contributed by atoms with Crippen LogP contribution in [0.15, 0.2) is 24.3 Å². The maximum absolute atomic E-state index is 12.5. The first-order valence-electron chi connectivity index (χ1n) is 6.89. The maximum atomic E-state index is 12.5. The number of carbonyl (C=O) groups is 1. The van der Waals surface area contributed by atoms with Crippen molar-refractivity contribution in [3.05, 3.63) is 34.9 Å². The smallest absolute Gasteiger partial charge is 0.228 e. The summed E-state index contributed by atoms with van der Waals surface area (Å²) in [7, 11) is 1.65. The van der Waals surface area contributed by atoms with Crippen molar-refractivity contribution in [2.75, 3.05) is 26.8 Å². The van der Waals surface area contributed by atoms with Gasteiger partial charge in [0.05, 0.1) is 12.0 Å². The number of methoxy groups -OCH3 is 1. The minimum absolute atomic E-state index is 0.0794. The van der Waals surface area contributed by atoms with E-state index < -0.39 is 5.41 Å². The third-order valence-electron chi connectivity index (χ3n) is 3.83. The van der Waals surface area contributed by atoms with Crippen LogP contribution in [0.3, 0.4) is 0 Å². The molecule has 0 unspecified atom stereocenters. The van der Waals surface area contributed by atoms with Gasteiger partial charge in [0.15, 0.2) is 0 Å². The van der Waals surface area contributed by atoms with Gasteiger partial charge in [-0.2, -0.15) is 0 Å². The highest BCUT2D eigenvalue weighted by molar-refractivity contribution is 6.30. The second kappa shape index (κ2) is 7.07. The lowest BCUT2D eigenvalue weighted by Gasteiger charge is -2.35. The van der Waals surface area contributed by atoms with E-state index in [1.54, 1.807) is 7.11 Å². The maximum Gasteiger partial charge on any atom is 0.228 e. The van der Waals surface area contributed by atoms with E-state index in [1.165, 1.54) is 0 Å². The molecule has 1 amide bonds. The predicted molar refractivity (Wildman–Crippen MR) is 79.7 cm³/mol. The Hall–Kier alpha value is -1.10. The van der Waals surface area contributed by atoms with Gasteiger partial charge in [0.1, 0.15) is 0 Å². The van der Waals surface area contributed by atoms with Crippen molar-refractivity contribution in [1.82, 2.24) is 10.6 Å². The molecular weight excluding hydrogens is 276 g/mol. The number of rotatable bonds is 5. The summed E-state index contributed by atoms with van der Waals surface area (Å²) in [6.45, 7) is 2.71. The molecule has 2 rings (SSSR count). The Bertz CT molecular complexity index is 436. The van der Waals surface area contributed by atoms with Crippen LogP contribution < -0.4 is 10.6 Å². The number of benzene rings is 1. The molecule has 1 heterocycles. The quantitative estimate of drug-likeness (QED) is 0.873. The van der Waals surface area contributed by atoms with Crippen molar-refractivity contribution < 1.29 is 9.53 Å². The zero-order chi connectivity index (χ0) is 14.4. The molecule has 20 heavy (non-hydrogen) atoms. The van der Waals surface area contributed by atoms with Gasteiger partial charge in [-0.3, -0.25) is 4.79 Å². The van der Waals surface area contributed by atoms with Gasteiger partial charge >= 0.3 is 0 Å². The van der Waals surface area contributed by atoms with Gasteiger partial charge < -0.3 is 15.4 Å². The standard InChI is InChI=1S/C15H21ClN2O2/c1-20-11-15(6-8-17-9-7-15)14(19)18-10-12-2-4-13(16)5-3-12/h2-5,17H,6-11H2,1H3,(H,18,19). The van der Waals surface area contributed by atoms with E-state index in [4.69, 9.17) is 16.3 Å². The minimum Gasteiger partial charge on any atom is -0.384 e. The first kappa shape index (κ1) is 15.3. The number of hydrogen-bond acceptors (Lipinski definition) is 3. The van der Waals surface area contributed by atoms with Gasteiger partial charge in [0.2, 0.25) is 5.91 Å². The van der Waals surface area contributed by atoms with E-state index in [0.717, 1.165) is 31.5 Å². The highest BCUT2D eigenvalue weighted by atomic mass is 35.5. The van der Waals surface area contributed by atoms with Crippen LogP contribution in [0, 0.1) is 5.41 Å². The minimum atomic E-state index is -0.396. The van der Waals surface area contributed by atoms with Gasteiger partial charge in [0, 0.05) is 18.7 Å². The summed E-state index contributed by atoms with van der Waals surface area (Å²) in [6.07, 6.45) is 1.63. The lowest BCUT2D eigenvalue weighted by atomic mass is 9.78. The van der Waals surface area contributed by atoms with Gasteiger partial charge in [-0.05, 0) is 43.6 Å². The summed E-state index contributed by atoms with van der Waals surface area (Å²) >= 11 is 5.85. The molecule has 1 aromatic carbocycles. The number of carbonyl (C=O) groups excluding carboxylic acids is 1. The van der Waals surface area contributed by atoms with Gasteiger partial charge in [0.25, 0.3) is 0 Å². The fraction of sp³-hybridized carbons (Fsp3) is 0.533. The number of piperidine rings is 1. The third-order valence-corrected chi connectivity index (χ3v) is 4.08. The Morgan fingerprint density at radius 2 is 2.00 bits per heavy atom. The van der Waals surface area contributed by atoms with Crippen molar-refractivity contribution >= 4 is 17.5 Å². The molecule has 5 heteroatoms. The molecule has 0 saturated carbocycles. The van der Waals surface area contributed by atoms with E-state index >= 15 is 0 Å². The average molecular weight is 297 g/mol. The summed E-state index contributed by atoms with van der Waals surface area (Å²) in [5.41, 5.74) is 0.649. The second-order valence-corrected chi connectivity index (χ2v) is 5.71. The molecule has 0 atom stereocenters. The lowest BCUT2D eigenvalue weighted by Crippen LogP contribution is -2.49. The Morgan fingerprint density at radius 1 is 1.35 bits per heavy atom. The van der Waals surface area contributed by atoms with Crippen LogP contribution in [0.1, 0.15) is 18.4 Å². The first-order valence-corrected chi connectivity index (χ1v) is 7.26. The number of hydrogen-bond donors (Lipinski definition) is 2. The molecular formula is C15H21ClN2O2. The van der Waals surface area contributed by atoms with Crippen LogP contribution in [-0.4, -0.2) is 32.7 Å². The normalized spacial score (nSPS) is 17.7. The summed E-state index contributed by atoms with van der Waals surface area (Å²) in [6, 6.07) is 7.51. The molecule has 0 spiro atoms. The van der Waals surface area contributed by atoms with Gasteiger partial charge in [-0.25, -0.2) is 0 Å². The molecule has 0 bridgehead atoms. The van der Waals surface area contributed by atoms with Gasteiger partial charge in [-0.1, -0.05) is 23.7 Å². The molecule has 0 aliphatic carbocycles. The molecule has 1 aliphatic rings. The van der Waals surface area contributed by atoms with E-state index in [-0.39, 0.29) is 5.91 Å². The molecule has 0 aromatic heterocycles. The van der Waals surface area contributed by atoms with Crippen LogP contribution in [0.2, 0.25) is 5.02 Å². The number of ether oxygens (including phenoxy) is 1. The SMILES string of the molecule is COCC1(C(=O)NCc2ccc(Cl)cc2)CCNCC1. The first-order chi connectivity index (χ1) is 9.66. The molecule has 1 aliphatic heterocycles. The van der Waals surface area contributed by atoms with Crippen molar-refractivity contribution in [2.24, 2.45) is 5.41 Å². The van der Waals surface area contributed by atoms with Crippen LogP contribution in [0.5, 0.6) is 0 Å². The summed E-state index contributed by atoms with van der Waals surface area (Å²) in [5, 5.41) is 7.01. The van der Waals surface area contributed by atoms with Crippen molar-refractivity contribution in [3.63, 3.8) is 0 Å².